The standard InChI is InChI=1S/C11H24N2O2/c1-9(2)5-7-13(3)11(14)10(12)6-8-15-4/h9-10H,5-8,12H2,1-4H3. The topological polar surface area (TPSA) is 55.6 Å². The number of rotatable bonds is 7. The van der Waals surface area contributed by atoms with Crippen LogP contribution in [0.5, 0.6) is 0 Å². The van der Waals surface area contributed by atoms with Crippen LogP contribution >= 0.6 is 0 Å². The van der Waals surface area contributed by atoms with Gasteiger partial charge in [0.25, 0.3) is 0 Å². The van der Waals surface area contributed by atoms with Crippen molar-refractivity contribution < 1.29 is 9.53 Å². The number of amides is 1. The Kier molecular flexibility index (Phi) is 7.34. The fourth-order valence-corrected chi connectivity index (χ4v) is 1.21. The molecule has 0 aromatic rings. The van der Waals surface area contributed by atoms with Crippen molar-refractivity contribution in [2.45, 2.75) is 32.7 Å². The van der Waals surface area contributed by atoms with Gasteiger partial charge in [0, 0.05) is 27.3 Å². The summed E-state index contributed by atoms with van der Waals surface area (Å²) in [5.74, 6) is 0.614. The molecule has 0 saturated heterocycles. The first kappa shape index (κ1) is 14.4. The van der Waals surface area contributed by atoms with Crippen LogP contribution in [0.15, 0.2) is 0 Å². The van der Waals surface area contributed by atoms with Gasteiger partial charge in [-0.3, -0.25) is 4.79 Å². The normalized spacial score (nSPS) is 12.9. The van der Waals surface area contributed by atoms with Crippen LogP contribution in [0.1, 0.15) is 26.7 Å². The van der Waals surface area contributed by atoms with Crippen molar-refractivity contribution in [3.05, 3.63) is 0 Å². The van der Waals surface area contributed by atoms with Crippen molar-refractivity contribution in [2.24, 2.45) is 11.7 Å². The highest BCUT2D eigenvalue weighted by Gasteiger charge is 2.17. The van der Waals surface area contributed by atoms with Gasteiger partial charge in [-0.05, 0) is 18.8 Å². The Balaban J connectivity index is 3.85. The number of nitrogens with two attached hydrogens (primary N) is 1. The number of methoxy groups -OCH3 is 1. The van der Waals surface area contributed by atoms with Crippen LogP contribution in [-0.4, -0.2) is 44.2 Å². The van der Waals surface area contributed by atoms with Gasteiger partial charge in [-0.1, -0.05) is 13.8 Å². The van der Waals surface area contributed by atoms with Gasteiger partial charge < -0.3 is 15.4 Å². The van der Waals surface area contributed by atoms with Gasteiger partial charge in [-0.15, -0.1) is 0 Å². The van der Waals surface area contributed by atoms with Gasteiger partial charge in [-0.2, -0.15) is 0 Å². The van der Waals surface area contributed by atoms with Gasteiger partial charge in [0.15, 0.2) is 0 Å². The average molecular weight is 216 g/mol. The van der Waals surface area contributed by atoms with E-state index in [0.29, 0.717) is 18.9 Å². The van der Waals surface area contributed by atoms with Crippen LogP contribution in [0.3, 0.4) is 0 Å². The summed E-state index contributed by atoms with van der Waals surface area (Å²) in [6, 6.07) is -0.429. The van der Waals surface area contributed by atoms with Crippen LogP contribution in [0.25, 0.3) is 0 Å². The molecule has 2 N–H and O–H groups in total. The van der Waals surface area contributed by atoms with E-state index in [1.807, 2.05) is 0 Å². The summed E-state index contributed by atoms with van der Waals surface area (Å²) in [5.41, 5.74) is 5.74. The molecule has 0 aromatic carbocycles. The second-order valence-electron chi connectivity index (χ2n) is 4.33. The predicted octanol–water partition coefficient (Wildman–Crippen LogP) is 0.855. The Morgan fingerprint density at radius 1 is 1.40 bits per heavy atom. The highest BCUT2D eigenvalue weighted by Crippen LogP contribution is 2.02. The van der Waals surface area contributed by atoms with E-state index in [-0.39, 0.29) is 5.91 Å². The largest absolute Gasteiger partial charge is 0.385 e. The third-order valence-corrected chi connectivity index (χ3v) is 2.37. The van der Waals surface area contributed by atoms with Crippen molar-refractivity contribution in [3.8, 4) is 0 Å². The Morgan fingerprint density at radius 3 is 2.47 bits per heavy atom. The molecule has 0 aliphatic carbocycles. The quantitative estimate of drug-likeness (QED) is 0.686. The SMILES string of the molecule is COCCC(N)C(=O)N(C)CCC(C)C. The second kappa shape index (κ2) is 7.65. The molecular weight excluding hydrogens is 192 g/mol. The van der Waals surface area contributed by atoms with Crippen molar-refractivity contribution >= 4 is 5.91 Å². The molecule has 0 aromatic heterocycles. The van der Waals surface area contributed by atoms with E-state index in [9.17, 15) is 4.79 Å². The first-order valence-corrected chi connectivity index (χ1v) is 5.48. The van der Waals surface area contributed by atoms with Crippen LogP contribution < -0.4 is 5.73 Å². The highest BCUT2D eigenvalue weighted by molar-refractivity contribution is 5.81. The molecular formula is C11H24N2O2. The summed E-state index contributed by atoms with van der Waals surface area (Å²) in [6.07, 6.45) is 1.60. The lowest BCUT2D eigenvalue weighted by Crippen LogP contribution is -2.42. The Labute approximate surface area is 92.8 Å². The molecule has 0 bridgehead atoms. The Morgan fingerprint density at radius 2 is 2.00 bits per heavy atom. The van der Waals surface area contributed by atoms with Crippen LogP contribution in [0.4, 0.5) is 0 Å². The Hall–Kier alpha value is -0.610. The summed E-state index contributed by atoms with van der Waals surface area (Å²) < 4.78 is 4.89. The molecule has 0 fully saturated rings. The average Bonchev–Trinajstić information content (AvgIpc) is 2.21. The van der Waals surface area contributed by atoms with E-state index in [2.05, 4.69) is 13.8 Å². The lowest BCUT2D eigenvalue weighted by molar-refractivity contribution is -0.131. The maximum absolute atomic E-state index is 11.7. The highest BCUT2D eigenvalue weighted by atomic mass is 16.5. The van der Waals surface area contributed by atoms with E-state index in [1.54, 1.807) is 19.1 Å². The third-order valence-electron chi connectivity index (χ3n) is 2.37. The third kappa shape index (κ3) is 6.47. The Bertz CT molecular complexity index is 183. The van der Waals surface area contributed by atoms with Gasteiger partial charge in [0.1, 0.15) is 0 Å². The van der Waals surface area contributed by atoms with Crippen molar-refractivity contribution in [1.29, 1.82) is 0 Å². The number of hydrogen-bond donors (Lipinski definition) is 1. The van der Waals surface area contributed by atoms with Gasteiger partial charge in [0.2, 0.25) is 5.91 Å². The number of hydrogen-bond acceptors (Lipinski definition) is 3. The first-order chi connectivity index (χ1) is 6.99. The zero-order chi connectivity index (χ0) is 11.8. The molecule has 1 amide bonds. The molecule has 15 heavy (non-hydrogen) atoms. The number of likely N-dealkylation sites (N-methyl/N-ethyl adjacent to an activating group) is 1. The molecule has 0 aliphatic rings. The molecule has 1 atom stereocenters. The molecule has 90 valence electrons. The monoisotopic (exact) mass is 216 g/mol. The lowest BCUT2D eigenvalue weighted by Gasteiger charge is -2.21. The fourth-order valence-electron chi connectivity index (χ4n) is 1.21. The van der Waals surface area contributed by atoms with Gasteiger partial charge in [-0.25, -0.2) is 0 Å². The molecule has 4 heteroatoms. The number of carbonyl (C=O) groups excluding carboxylic acids is 1. The molecule has 0 spiro atoms. The number of nitrogens with zero attached hydrogens (tertiary/aromatic N) is 1. The molecule has 4 nitrogen and oxygen atoms in total. The number of ether oxygens (including phenoxy) is 1. The first-order valence-electron chi connectivity index (χ1n) is 5.48. The summed E-state index contributed by atoms with van der Waals surface area (Å²) in [4.78, 5) is 13.4. The van der Waals surface area contributed by atoms with Gasteiger partial charge in [0.05, 0.1) is 6.04 Å². The predicted molar refractivity (Wildman–Crippen MR) is 61.6 cm³/mol. The van der Waals surface area contributed by atoms with E-state index >= 15 is 0 Å². The van der Waals surface area contributed by atoms with Gasteiger partial charge >= 0.3 is 0 Å². The molecule has 0 heterocycles. The molecule has 0 rings (SSSR count). The molecule has 0 aliphatic heterocycles. The second-order valence-corrected chi connectivity index (χ2v) is 4.33. The van der Waals surface area contributed by atoms with Crippen LogP contribution in [-0.2, 0) is 9.53 Å². The summed E-state index contributed by atoms with van der Waals surface area (Å²) in [5, 5.41) is 0. The van der Waals surface area contributed by atoms with Crippen molar-refractivity contribution in [2.75, 3.05) is 27.3 Å². The summed E-state index contributed by atoms with van der Waals surface area (Å²) in [7, 11) is 3.41. The summed E-state index contributed by atoms with van der Waals surface area (Å²) >= 11 is 0. The maximum atomic E-state index is 11.7. The summed E-state index contributed by atoms with van der Waals surface area (Å²) in [6.45, 7) is 5.59. The molecule has 0 radical (unpaired) electrons. The van der Waals surface area contributed by atoms with E-state index < -0.39 is 6.04 Å². The fraction of sp³-hybridized carbons (Fsp3) is 0.909. The van der Waals surface area contributed by atoms with E-state index in [1.165, 1.54) is 0 Å². The zero-order valence-electron chi connectivity index (χ0n) is 10.3. The van der Waals surface area contributed by atoms with Crippen molar-refractivity contribution in [3.63, 3.8) is 0 Å². The van der Waals surface area contributed by atoms with E-state index in [0.717, 1.165) is 13.0 Å². The van der Waals surface area contributed by atoms with Crippen LogP contribution in [0, 0.1) is 5.92 Å². The zero-order valence-corrected chi connectivity index (χ0v) is 10.3. The smallest absolute Gasteiger partial charge is 0.239 e. The minimum absolute atomic E-state index is 0.00713. The number of carbonyl (C=O) groups is 1. The van der Waals surface area contributed by atoms with E-state index in [4.69, 9.17) is 10.5 Å². The van der Waals surface area contributed by atoms with Crippen molar-refractivity contribution in [1.82, 2.24) is 4.90 Å². The molecule has 1 unspecified atom stereocenters. The lowest BCUT2D eigenvalue weighted by atomic mass is 10.1. The minimum Gasteiger partial charge on any atom is -0.385 e. The maximum Gasteiger partial charge on any atom is 0.239 e. The minimum atomic E-state index is -0.429. The van der Waals surface area contributed by atoms with Crippen LogP contribution in [0.2, 0.25) is 0 Å². The molecule has 0 saturated carbocycles.